The molecule has 9 heteroatoms. The Morgan fingerprint density at radius 3 is 2.21 bits per heavy atom. The van der Waals surface area contributed by atoms with Crippen molar-refractivity contribution in [1.82, 2.24) is 10.3 Å². The molecule has 126 valence electrons. The van der Waals surface area contributed by atoms with Crippen LogP contribution in [0.25, 0.3) is 0 Å². The van der Waals surface area contributed by atoms with Crippen molar-refractivity contribution in [2.75, 3.05) is 5.32 Å². The molecular weight excluding hydrogens is 354 g/mol. The normalized spacial score (nSPS) is 10.9. The fourth-order valence-corrected chi connectivity index (χ4v) is 2.87. The van der Waals surface area contributed by atoms with Crippen LogP contribution in [-0.4, -0.2) is 20.2 Å². The van der Waals surface area contributed by atoms with Crippen molar-refractivity contribution in [2.45, 2.75) is 11.8 Å². The molecule has 0 atom stereocenters. The van der Waals surface area contributed by atoms with Crippen LogP contribution in [0.1, 0.15) is 17.3 Å². The maximum Gasteiger partial charge on any atom is 0.267 e. The number of anilines is 1. The number of benzene rings is 2. The molecule has 0 bridgehead atoms. The van der Waals surface area contributed by atoms with Gasteiger partial charge in [0.25, 0.3) is 15.9 Å². The first-order valence-electron chi connectivity index (χ1n) is 6.74. The van der Waals surface area contributed by atoms with Crippen molar-refractivity contribution >= 4 is 39.1 Å². The molecule has 0 aromatic heterocycles. The van der Waals surface area contributed by atoms with Gasteiger partial charge in [-0.1, -0.05) is 23.7 Å². The fraction of sp³-hybridized carbons (Fsp3) is 0.0667. The van der Waals surface area contributed by atoms with Gasteiger partial charge in [-0.2, -0.15) is 0 Å². The van der Waals surface area contributed by atoms with Crippen LogP contribution in [0, 0.1) is 0 Å². The Balaban J connectivity index is 2.07. The Hall–Kier alpha value is -2.42. The number of amides is 2. The van der Waals surface area contributed by atoms with E-state index in [2.05, 4.69) is 10.7 Å². The quantitative estimate of drug-likeness (QED) is 0.702. The Kier molecular flexibility index (Phi) is 5.55. The summed E-state index contributed by atoms with van der Waals surface area (Å²) in [6, 6.07) is 11.7. The molecular formula is C15H14ClN3O4S. The molecule has 0 aliphatic heterocycles. The van der Waals surface area contributed by atoms with Gasteiger partial charge in [0.1, 0.15) is 0 Å². The lowest BCUT2D eigenvalue weighted by Gasteiger charge is -2.10. The summed E-state index contributed by atoms with van der Waals surface area (Å²) in [6.45, 7) is 1.34. The standard InChI is InChI=1S/C15H14ClN3O4S/c1-10(20)17-11-6-8-12(9-7-11)24(22,23)19-18-15(21)13-4-2-3-5-14(13)16/h2-9,19H,1H3,(H,17,20)(H,18,21). The lowest BCUT2D eigenvalue weighted by Crippen LogP contribution is -2.41. The third-order valence-electron chi connectivity index (χ3n) is 2.90. The van der Waals surface area contributed by atoms with Crippen molar-refractivity contribution in [1.29, 1.82) is 0 Å². The Bertz CT molecular complexity index is 867. The van der Waals surface area contributed by atoms with Crippen molar-refractivity contribution in [3.63, 3.8) is 0 Å². The minimum absolute atomic E-state index is 0.0731. The molecule has 3 N–H and O–H groups in total. The maximum atomic E-state index is 12.1. The van der Waals surface area contributed by atoms with Crippen LogP contribution in [0.5, 0.6) is 0 Å². The van der Waals surface area contributed by atoms with Gasteiger partial charge in [0.2, 0.25) is 5.91 Å². The average molecular weight is 368 g/mol. The molecule has 24 heavy (non-hydrogen) atoms. The fourth-order valence-electron chi connectivity index (χ4n) is 1.81. The van der Waals surface area contributed by atoms with Crippen LogP contribution in [0.4, 0.5) is 5.69 Å². The number of hydrazine groups is 1. The third-order valence-corrected chi connectivity index (χ3v) is 4.50. The van der Waals surface area contributed by atoms with E-state index in [1.54, 1.807) is 12.1 Å². The van der Waals surface area contributed by atoms with Gasteiger partial charge in [-0.25, -0.2) is 8.42 Å². The van der Waals surface area contributed by atoms with Gasteiger partial charge in [0.15, 0.2) is 0 Å². The van der Waals surface area contributed by atoms with Gasteiger partial charge < -0.3 is 5.32 Å². The highest BCUT2D eigenvalue weighted by molar-refractivity contribution is 7.89. The Morgan fingerprint density at radius 2 is 1.62 bits per heavy atom. The van der Waals surface area contributed by atoms with Gasteiger partial charge in [0, 0.05) is 12.6 Å². The molecule has 0 saturated heterocycles. The van der Waals surface area contributed by atoms with E-state index in [1.165, 1.54) is 43.3 Å². The first-order valence-corrected chi connectivity index (χ1v) is 8.60. The van der Waals surface area contributed by atoms with E-state index in [-0.39, 0.29) is 21.4 Å². The number of halogens is 1. The van der Waals surface area contributed by atoms with Crippen molar-refractivity contribution in [2.24, 2.45) is 0 Å². The van der Waals surface area contributed by atoms with Crippen LogP contribution in [0.15, 0.2) is 53.4 Å². The molecule has 0 fully saturated rings. The Labute approximate surface area is 144 Å². The summed E-state index contributed by atoms with van der Waals surface area (Å²) in [7, 11) is -3.96. The maximum absolute atomic E-state index is 12.1. The smallest absolute Gasteiger partial charge is 0.267 e. The molecule has 2 aromatic rings. The highest BCUT2D eigenvalue weighted by Gasteiger charge is 2.16. The third kappa shape index (κ3) is 4.54. The molecule has 0 saturated carbocycles. The molecule has 0 spiro atoms. The summed E-state index contributed by atoms with van der Waals surface area (Å²) in [5.41, 5.74) is 2.70. The second-order valence-corrected chi connectivity index (χ2v) is 6.83. The van der Waals surface area contributed by atoms with Gasteiger partial charge in [-0.05, 0) is 36.4 Å². The molecule has 2 amide bonds. The van der Waals surface area contributed by atoms with E-state index in [0.29, 0.717) is 5.69 Å². The Morgan fingerprint density at radius 1 is 1.00 bits per heavy atom. The molecule has 0 radical (unpaired) electrons. The van der Waals surface area contributed by atoms with Crippen molar-refractivity contribution < 1.29 is 18.0 Å². The highest BCUT2D eigenvalue weighted by atomic mass is 35.5. The van der Waals surface area contributed by atoms with E-state index < -0.39 is 15.9 Å². The van der Waals surface area contributed by atoms with E-state index >= 15 is 0 Å². The van der Waals surface area contributed by atoms with E-state index in [0.717, 1.165) is 0 Å². The number of rotatable bonds is 5. The topological polar surface area (TPSA) is 104 Å². The molecule has 7 nitrogen and oxygen atoms in total. The highest BCUT2D eigenvalue weighted by Crippen LogP contribution is 2.15. The monoisotopic (exact) mass is 367 g/mol. The lowest BCUT2D eigenvalue weighted by molar-refractivity contribution is -0.114. The number of sulfonamides is 1. The number of hydrogen-bond donors (Lipinski definition) is 3. The zero-order valence-corrected chi connectivity index (χ0v) is 14.1. The van der Waals surface area contributed by atoms with Crippen LogP contribution >= 0.6 is 11.6 Å². The molecule has 0 unspecified atom stereocenters. The summed E-state index contributed by atoms with van der Waals surface area (Å²) in [5.74, 6) is -0.949. The predicted octanol–water partition coefficient (Wildman–Crippen LogP) is 1.92. The predicted molar refractivity (Wildman–Crippen MR) is 90.0 cm³/mol. The van der Waals surface area contributed by atoms with Crippen LogP contribution in [0.3, 0.4) is 0 Å². The van der Waals surface area contributed by atoms with Gasteiger partial charge in [-0.3, -0.25) is 15.0 Å². The molecule has 0 heterocycles. The zero-order chi connectivity index (χ0) is 17.7. The van der Waals surface area contributed by atoms with Gasteiger partial charge in [-0.15, -0.1) is 4.83 Å². The minimum Gasteiger partial charge on any atom is -0.326 e. The lowest BCUT2D eigenvalue weighted by atomic mass is 10.2. The SMILES string of the molecule is CC(=O)Nc1ccc(S(=O)(=O)NNC(=O)c2ccccc2Cl)cc1. The summed E-state index contributed by atoms with van der Waals surface area (Å²) in [5, 5.41) is 2.73. The summed E-state index contributed by atoms with van der Waals surface area (Å²) in [6.07, 6.45) is 0. The second-order valence-electron chi connectivity index (χ2n) is 4.75. The second kappa shape index (κ2) is 7.43. The summed E-state index contributed by atoms with van der Waals surface area (Å²) >= 11 is 5.87. The van der Waals surface area contributed by atoms with Crippen LogP contribution in [0.2, 0.25) is 5.02 Å². The van der Waals surface area contributed by atoms with Gasteiger partial charge >= 0.3 is 0 Å². The first-order chi connectivity index (χ1) is 11.3. The average Bonchev–Trinajstić information content (AvgIpc) is 2.53. The molecule has 2 aromatic carbocycles. The van der Waals surface area contributed by atoms with Gasteiger partial charge in [0.05, 0.1) is 15.5 Å². The van der Waals surface area contributed by atoms with Crippen molar-refractivity contribution in [3.05, 3.63) is 59.1 Å². The number of nitrogens with one attached hydrogen (secondary N) is 3. The largest absolute Gasteiger partial charge is 0.326 e. The number of hydrogen-bond acceptors (Lipinski definition) is 4. The van der Waals surface area contributed by atoms with Crippen LogP contribution < -0.4 is 15.6 Å². The van der Waals surface area contributed by atoms with E-state index in [4.69, 9.17) is 11.6 Å². The molecule has 2 rings (SSSR count). The minimum atomic E-state index is -3.96. The van der Waals surface area contributed by atoms with E-state index in [1.807, 2.05) is 4.83 Å². The first kappa shape index (κ1) is 17.9. The molecule has 0 aliphatic rings. The number of carbonyl (C=O) groups is 2. The summed E-state index contributed by atoms with van der Waals surface area (Å²) in [4.78, 5) is 24.8. The van der Waals surface area contributed by atoms with E-state index in [9.17, 15) is 18.0 Å². The van der Waals surface area contributed by atoms with Crippen molar-refractivity contribution in [3.8, 4) is 0 Å². The summed E-state index contributed by atoms with van der Waals surface area (Å²) < 4.78 is 24.3. The molecule has 0 aliphatic carbocycles. The zero-order valence-electron chi connectivity index (χ0n) is 12.5. The van der Waals surface area contributed by atoms with Crippen LogP contribution in [-0.2, 0) is 14.8 Å². The number of carbonyl (C=O) groups excluding carboxylic acids is 2.